The molecule has 0 aliphatic rings. The molecule has 1 N–H and O–H groups in total. The highest BCUT2D eigenvalue weighted by molar-refractivity contribution is 7.12. The van der Waals surface area contributed by atoms with Gasteiger partial charge in [-0.1, -0.05) is 20.8 Å². The minimum absolute atomic E-state index is 0.354. The average molecular weight is 269 g/mol. The highest BCUT2D eigenvalue weighted by Crippen LogP contribution is 2.22. The van der Waals surface area contributed by atoms with E-state index in [0.717, 1.165) is 26.1 Å². The van der Waals surface area contributed by atoms with Gasteiger partial charge in [0.15, 0.2) is 0 Å². The number of thiophene rings is 1. The van der Waals surface area contributed by atoms with Crippen molar-refractivity contribution in [2.24, 2.45) is 5.92 Å². The number of ether oxygens (including phenoxy) is 1. The molecular formula is C15H27NOS. The molecule has 0 aromatic carbocycles. The molecule has 0 spiro atoms. The molecule has 0 fully saturated rings. The first-order chi connectivity index (χ1) is 8.52. The Morgan fingerprint density at radius 3 is 2.67 bits per heavy atom. The fraction of sp³-hybridized carbons (Fsp3) is 0.733. The first kappa shape index (κ1) is 15.7. The quantitative estimate of drug-likeness (QED) is 0.766. The number of aryl methyl sites for hydroxylation is 1. The van der Waals surface area contributed by atoms with Crippen LogP contribution in [0.1, 0.15) is 49.4 Å². The fourth-order valence-corrected chi connectivity index (χ4v) is 2.67. The lowest BCUT2D eigenvalue weighted by Crippen LogP contribution is -2.18. The van der Waals surface area contributed by atoms with Gasteiger partial charge >= 0.3 is 0 Å². The van der Waals surface area contributed by atoms with Crippen LogP contribution in [-0.4, -0.2) is 12.6 Å². The van der Waals surface area contributed by atoms with E-state index in [9.17, 15) is 0 Å². The van der Waals surface area contributed by atoms with Crippen molar-refractivity contribution in [1.29, 1.82) is 0 Å². The molecular weight excluding hydrogens is 242 g/mol. The summed E-state index contributed by atoms with van der Waals surface area (Å²) in [4.78, 5) is 2.80. The zero-order valence-electron chi connectivity index (χ0n) is 12.4. The Morgan fingerprint density at radius 1 is 1.33 bits per heavy atom. The molecule has 0 aliphatic carbocycles. The molecule has 0 bridgehead atoms. The SMILES string of the molecule is CCC(C)OCc1cc(CNCC(C)C)sc1C. The van der Waals surface area contributed by atoms with Crippen molar-refractivity contribution in [3.8, 4) is 0 Å². The van der Waals surface area contributed by atoms with E-state index < -0.39 is 0 Å². The summed E-state index contributed by atoms with van der Waals surface area (Å²) >= 11 is 1.88. The monoisotopic (exact) mass is 269 g/mol. The van der Waals surface area contributed by atoms with Crippen LogP contribution in [0, 0.1) is 12.8 Å². The van der Waals surface area contributed by atoms with Gasteiger partial charge in [0.05, 0.1) is 12.7 Å². The van der Waals surface area contributed by atoms with Gasteiger partial charge in [-0.2, -0.15) is 0 Å². The van der Waals surface area contributed by atoms with Crippen LogP contribution in [0.4, 0.5) is 0 Å². The van der Waals surface area contributed by atoms with Crippen LogP contribution in [0.3, 0.4) is 0 Å². The third-order valence-corrected chi connectivity index (χ3v) is 4.11. The highest BCUT2D eigenvalue weighted by atomic mass is 32.1. The van der Waals surface area contributed by atoms with Crippen molar-refractivity contribution < 1.29 is 4.74 Å². The third-order valence-electron chi connectivity index (χ3n) is 3.02. The summed E-state index contributed by atoms with van der Waals surface area (Å²) < 4.78 is 5.80. The van der Waals surface area contributed by atoms with Crippen molar-refractivity contribution in [1.82, 2.24) is 5.32 Å². The molecule has 0 amide bonds. The molecule has 1 aromatic rings. The van der Waals surface area contributed by atoms with Crippen LogP contribution in [-0.2, 0) is 17.9 Å². The van der Waals surface area contributed by atoms with E-state index in [1.54, 1.807) is 0 Å². The van der Waals surface area contributed by atoms with E-state index in [4.69, 9.17) is 4.74 Å². The van der Waals surface area contributed by atoms with E-state index in [-0.39, 0.29) is 0 Å². The standard InChI is InChI=1S/C15H27NOS/c1-6-12(4)17-10-14-7-15(18-13(14)5)9-16-8-11(2)3/h7,11-12,16H,6,8-10H2,1-5H3. The maximum absolute atomic E-state index is 5.80. The molecule has 1 atom stereocenters. The molecule has 3 heteroatoms. The smallest absolute Gasteiger partial charge is 0.0731 e. The van der Waals surface area contributed by atoms with E-state index in [1.165, 1.54) is 15.3 Å². The maximum Gasteiger partial charge on any atom is 0.0731 e. The topological polar surface area (TPSA) is 21.3 Å². The molecule has 18 heavy (non-hydrogen) atoms. The zero-order chi connectivity index (χ0) is 13.5. The molecule has 2 nitrogen and oxygen atoms in total. The lowest BCUT2D eigenvalue weighted by atomic mass is 10.2. The third kappa shape index (κ3) is 5.51. The molecule has 1 aromatic heterocycles. The molecule has 1 unspecified atom stereocenters. The Hall–Kier alpha value is -0.380. The van der Waals surface area contributed by atoms with Gasteiger partial charge in [-0.15, -0.1) is 11.3 Å². The second-order valence-electron chi connectivity index (χ2n) is 5.35. The second kappa shape index (κ2) is 7.93. The first-order valence-electron chi connectivity index (χ1n) is 6.93. The maximum atomic E-state index is 5.80. The van der Waals surface area contributed by atoms with Crippen molar-refractivity contribution in [2.75, 3.05) is 6.54 Å². The number of hydrogen-bond donors (Lipinski definition) is 1. The predicted molar refractivity (Wildman–Crippen MR) is 80.1 cm³/mol. The molecule has 0 saturated carbocycles. The lowest BCUT2D eigenvalue weighted by Gasteiger charge is -2.09. The molecule has 0 radical (unpaired) electrons. The Labute approximate surface area is 116 Å². The van der Waals surface area contributed by atoms with E-state index in [1.807, 2.05) is 11.3 Å². The van der Waals surface area contributed by atoms with Gasteiger partial charge in [0, 0.05) is 16.3 Å². The van der Waals surface area contributed by atoms with Gasteiger partial charge < -0.3 is 10.1 Å². The minimum Gasteiger partial charge on any atom is -0.374 e. The summed E-state index contributed by atoms with van der Waals surface area (Å²) in [6.07, 6.45) is 1.43. The van der Waals surface area contributed by atoms with Crippen LogP contribution in [0.25, 0.3) is 0 Å². The van der Waals surface area contributed by atoms with Crippen LogP contribution in [0.2, 0.25) is 0 Å². The Balaban J connectivity index is 2.43. The van der Waals surface area contributed by atoms with E-state index in [0.29, 0.717) is 12.0 Å². The zero-order valence-corrected chi connectivity index (χ0v) is 13.2. The summed E-state index contributed by atoms with van der Waals surface area (Å²) in [6, 6.07) is 2.29. The second-order valence-corrected chi connectivity index (χ2v) is 6.69. The van der Waals surface area contributed by atoms with E-state index in [2.05, 4.69) is 46.0 Å². The van der Waals surface area contributed by atoms with Gasteiger partial charge in [-0.05, 0) is 44.4 Å². The van der Waals surface area contributed by atoms with Gasteiger partial charge in [0.1, 0.15) is 0 Å². The molecule has 0 saturated heterocycles. The normalized spacial score (nSPS) is 13.2. The lowest BCUT2D eigenvalue weighted by molar-refractivity contribution is 0.0508. The van der Waals surface area contributed by atoms with Crippen molar-refractivity contribution in [3.05, 3.63) is 21.4 Å². The molecule has 0 aliphatic heterocycles. The first-order valence-corrected chi connectivity index (χ1v) is 7.75. The van der Waals surface area contributed by atoms with Crippen LogP contribution >= 0.6 is 11.3 Å². The summed E-state index contributed by atoms with van der Waals surface area (Å²) in [5.74, 6) is 0.708. The van der Waals surface area contributed by atoms with Crippen LogP contribution in [0.5, 0.6) is 0 Å². The minimum atomic E-state index is 0.354. The Kier molecular flexibility index (Phi) is 6.90. The largest absolute Gasteiger partial charge is 0.374 e. The summed E-state index contributed by atoms with van der Waals surface area (Å²) in [7, 11) is 0. The molecule has 1 heterocycles. The number of nitrogens with one attached hydrogen (secondary N) is 1. The molecule has 104 valence electrons. The Morgan fingerprint density at radius 2 is 2.06 bits per heavy atom. The summed E-state index contributed by atoms with van der Waals surface area (Å²) in [5, 5.41) is 3.49. The summed E-state index contributed by atoms with van der Waals surface area (Å²) in [5.41, 5.74) is 1.35. The average Bonchev–Trinajstić information content (AvgIpc) is 2.66. The Bertz CT molecular complexity index is 346. The predicted octanol–water partition coefficient (Wildman–Crippen LogP) is 4.12. The van der Waals surface area contributed by atoms with E-state index >= 15 is 0 Å². The van der Waals surface area contributed by atoms with Gasteiger partial charge in [-0.25, -0.2) is 0 Å². The van der Waals surface area contributed by atoms with Crippen molar-refractivity contribution >= 4 is 11.3 Å². The van der Waals surface area contributed by atoms with Gasteiger partial charge in [0.25, 0.3) is 0 Å². The molecule has 1 rings (SSSR count). The fourth-order valence-electron chi connectivity index (χ4n) is 1.65. The van der Waals surface area contributed by atoms with Gasteiger partial charge in [0.2, 0.25) is 0 Å². The van der Waals surface area contributed by atoms with Crippen molar-refractivity contribution in [3.63, 3.8) is 0 Å². The van der Waals surface area contributed by atoms with Crippen LogP contribution < -0.4 is 5.32 Å². The van der Waals surface area contributed by atoms with Crippen molar-refractivity contribution in [2.45, 2.75) is 60.3 Å². The van der Waals surface area contributed by atoms with Gasteiger partial charge in [-0.3, -0.25) is 0 Å². The summed E-state index contributed by atoms with van der Waals surface area (Å²) in [6.45, 7) is 13.8. The highest BCUT2D eigenvalue weighted by Gasteiger charge is 2.07. The number of hydrogen-bond acceptors (Lipinski definition) is 3. The number of rotatable bonds is 8. The van der Waals surface area contributed by atoms with Crippen LogP contribution in [0.15, 0.2) is 6.07 Å².